The number of carbonyl (C=O) groups excluding carboxylic acids is 2. The number of carbonyl (C=O) groups is 2. The van der Waals surface area contributed by atoms with Gasteiger partial charge in [0.2, 0.25) is 11.8 Å². The molecule has 0 saturated carbocycles. The van der Waals surface area contributed by atoms with Crippen molar-refractivity contribution in [1.29, 1.82) is 0 Å². The lowest BCUT2D eigenvalue weighted by molar-refractivity contribution is -0.140. The molecule has 2 aliphatic rings. The standard InChI is InChI=1S/C24H30N4O2/c1-17(2)13-23(29)28-16-19-8-4-3-7-18(19)14-21(28)24(30)26-20-9-10-22(25-15-20)27-11-5-6-12-27/h3-4,7-10,15,17,21H,5-6,11-14,16H2,1-2H3,(H,26,30). The Morgan fingerprint density at radius 1 is 1.10 bits per heavy atom. The minimum absolute atomic E-state index is 0.0298. The Kier molecular flexibility index (Phi) is 6.02. The summed E-state index contributed by atoms with van der Waals surface area (Å²) in [7, 11) is 0. The lowest BCUT2D eigenvalue weighted by Crippen LogP contribution is -2.50. The molecule has 2 aromatic rings. The average Bonchev–Trinajstić information content (AvgIpc) is 3.27. The van der Waals surface area contributed by atoms with Gasteiger partial charge in [-0.2, -0.15) is 0 Å². The van der Waals surface area contributed by atoms with E-state index in [4.69, 9.17) is 0 Å². The van der Waals surface area contributed by atoms with E-state index in [1.165, 1.54) is 12.8 Å². The third kappa shape index (κ3) is 4.48. The van der Waals surface area contributed by atoms with Gasteiger partial charge in [0, 0.05) is 32.5 Å². The highest BCUT2D eigenvalue weighted by Crippen LogP contribution is 2.26. The van der Waals surface area contributed by atoms with Gasteiger partial charge in [0.1, 0.15) is 11.9 Å². The quantitative estimate of drug-likeness (QED) is 0.824. The number of benzene rings is 1. The van der Waals surface area contributed by atoms with Crippen molar-refractivity contribution in [3.63, 3.8) is 0 Å². The molecule has 158 valence electrons. The summed E-state index contributed by atoms with van der Waals surface area (Å²) in [6.07, 6.45) is 5.08. The Morgan fingerprint density at radius 2 is 1.83 bits per heavy atom. The summed E-state index contributed by atoms with van der Waals surface area (Å²) < 4.78 is 0. The Hall–Kier alpha value is -2.89. The van der Waals surface area contributed by atoms with Gasteiger partial charge in [0.05, 0.1) is 11.9 Å². The van der Waals surface area contributed by atoms with Gasteiger partial charge in [0.25, 0.3) is 0 Å². The topological polar surface area (TPSA) is 65.5 Å². The zero-order valence-electron chi connectivity index (χ0n) is 17.8. The second kappa shape index (κ2) is 8.86. The highest BCUT2D eigenvalue weighted by atomic mass is 16.2. The lowest BCUT2D eigenvalue weighted by Gasteiger charge is -2.36. The van der Waals surface area contributed by atoms with Gasteiger partial charge in [-0.15, -0.1) is 0 Å². The van der Waals surface area contributed by atoms with Crippen molar-refractivity contribution in [2.24, 2.45) is 5.92 Å². The largest absolute Gasteiger partial charge is 0.357 e. The third-order valence-corrected chi connectivity index (χ3v) is 5.90. The van der Waals surface area contributed by atoms with Crippen LogP contribution in [-0.4, -0.2) is 40.8 Å². The fourth-order valence-corrected chi connectivity index (χ4v) is 4.30. The van der Waals surface area contributed by atoms with E-state index in [1.54, 1.807) is 11.1 Å². The number of amides is 2. The molecule has 0 radical (unpaired) electrons. The van der Waals surface area contributed by atoms with Crippen molar-refractivity contribution in [2.45, 2.75) is 52.1 Å². The first kappa shape index (κ1) is 20.4. The molecule has 1 atom stereocenters. The molecule has 2 amide bonds. The number of fused-ring (bicyclic) bond motifs is 1. The summed E-state index contributed by atoms with van der Waals surface area (Å²) in [4.78, 5) is 34.6. The van der Waals surface area contributed by atoms with Gasteiger partial charge >= 0.3 is 0 Å². The summed E-state index contributed by atoms with van der Waals surface area (Å²) in [5, 5.41) is 2.98. The molecule has 0 aliphatic carbocycles. The van der Waals surface area contributed by atoms with Crippen molar-refractivity contribution < 1.29 is 9.59 Å². The van der Waals surface area contributed by atoms with Crippen molar-refractivity contribution >= 4 is 23.3 Å². The van der Waals surface area contributed by atoms with Crippen LogP contribution < -0.4 is 10.2 Å². The van der Waals surface area contributed by atoms with Crippen LogP contribution in [0.1, 0.15) is 44.2 Å². The molecule has 6 nitrogen and oxygen atoms in total. The second-order valence-electron chi connectivity index (χ2n) is 8.70. The molecule has 2 aliphatic heterocycles. The van der Waals surface area contributed by atoms with Crippen molar-refractivity contribution in [2.75, 3.05) is 23.3 Å². The molecular formula is C24H30N4O2. The summed E-state index contributed by atoms with van der Waals surface area (Å²) in [6.45, 7) is 6.60. The van der Waals surface area contributed by atoms with Crippen LogP contribution in [0.4, 0.5) is 11.5 Å². The monoisotopic (exact) mass is 406 g/mol. The molecule has 1 fully saturated rings. The van der Waals surface area contributed by atoms with Gasteiger partial charge in [-0.05, 0) is 42.0 Å². The number of aromatic nitrogens is 1. The molecule has 3 heterocycles. The van der Waals surface area contributed by atoms with Crippen LogP contribution in [0.3, 0.4) is 0 Å². The Morgan fingerprint density at radius 3 is 2.50 bits per heavy atom. The Labute approximate surface area is 178 Å². The van der Waals surface area contributed by atoms with Gasteiger partial charge in [-0.3, -0.25) is 9.59 Å². The maximum Gasteiger partial charge on any atom is 0.247 e. The van der Waals surface area contributed by atoms with Crippen LogP contribution in [0.2, 0.25) is 0 Å². The Balaban J connectivity index is 1.50. The molecule has 1 aromatic carbocycles. The maximum atomic E-state index is 13.2. The summed E-state index contributed by atoms with van der Waals surface area (Å²) in [6, 6.07) is 11.4. The molecule has 0 spiro atoms. The summed E-state index contributed by atoms with van der Waals surface area (Å²) in [5.41, 5.74) is 2.92. The molecule has 0 bridgehead atoms. The van der Waals surface area contributed by atoms with E-state index in [1.807, 2.05) is 50.2 Å². The zero-order chi connectivity index (χ0) is 21.1. The fourth-order valence-electron chi connectivity index (χ4n) is 4.30. The minimum atomic E-state index is -0.510. The number of nitrogens with one attached hydrogen (secondary N) is 1. The van der Waals surface area contributed by atoms with Crippen LogP contribution in [0.5, 0.6) is 0 Å². The highest BCUT2D eigenvalue weighted by Gasteiger charge is 2.34. The van der Waals surface area contributed by atoms with E-state index in [2.05, 4.69) is 15.2 Å². The van der Waals surface area contributed by atoms with Crippen molar-refractivity contribution in [3.8, 4) is 0 Å². The van der Waals surface area contributed by atoms with Crippen molar-refractivity contribution in [1.82, 2.24) is 9.88 Å². The van der Waals surface area contributed by atoms with Crippen molar-refractivity contribution in [3.05, 3.63) is 53.7 Å². The molecule has 4 rings (SSSR count). The predicted molar refractivity (Wildman–Crippen MR) is 118 cm³/mol. The minimum Gasteiger partial charge on any atom is -0.357 e. The average molecular weight is 407 g/mol. The number of nitrogens with zero attached hydrogens (tertiary/aromatic N) is 3. The molecule has 6 heteroatoms. The number of pyridine rings is 1. The van der Waals surface area contributed by atoms with Crippen LogP contribution in [0.25, 0.3) is 0 Å². The van der Waals surface area contributed by atoms with E-state index < -0.39 is 6.04 Å². The van der Waals surface area contributed by atoms with E-state index in [0.29, 0.717) is 25.1 Å². The van der Waals surface area contributed by atoms with Crippen LogP contribution in [0, 0.1) is 5.92 Å². The third-order valence-electron chi connectivity index (χ3n) is 5.90. The van der Waals surface area contributed by atoms with Gasteiger partial charge < -0.3 is 15.1 Å². The number of rotatable bonds is 5. The van der Waals surface area contributed by atoms with E-state index in [0.717, 1.165) is 30.0 Å². The normalized spacial score (nSPS) is 18.4. The lowest BCUT2D eigenvalue weighted by atomic mass is 9.92. The molecule has 1 aromatic heterocycles. The second-order valence-corrected chi connectivity index (χ2v) is 8.70. The van der Waals surface area contributed by atoms with Crippen LogP contribution >= 0.6 is 0 Å². The number of anilines is 2. The first-order valence-corrected chi connectivity index (χ1v) is 10.9. The number of hydrogen-bond donors (Lipinski definition) is 1. The summed E-state index contributed by atoms with van der Waals surface area (Å²) in [5.74, 6) is 1.08. The first-order valence-electron chi connectivity index (χ1n) is 10.9. The Bertz CT molecular complexity index is 904. The van der Waals surface area contributed by atoms with E-state index in [9.17, 15) is 9.59 Å². The fraction of sp³-hybridized carbons (Fsp3) is 0.458. The van der Waals surface area contributed by atoms with Crippen LogP contribution in [-0.2, 0) is 22.6 Å². The van der Waals surface area contributed by atoms with E-state index >= 15 is 0 Å². The zero-order valence-corrected chi connectivity index (χ0v) is 17.8. The van der Waals surface area contributed by atoms with Gasteiger partial charge in [-0.25, -0.2) is 4.98 Å². The molecular weight excluding hydrogens is 376 g/mol. The number of hydrogen-bond acceptors (Lipinski definition) is 4. The maximum absolute atomic E-state index is 13.2. The highest BCUT2D eigenvalue weighted by molar-refractivity contribution is 5.97. The molecule has 1 N–H and O–H groups in total. The molecule has 1 saturated heterocycles. The molecule has 1 unspecified atom stereocenters. The van der Waals surface area contributed by atoms with E-state index in [-0.39, 0.29) is 17.7 Å². The summed E-state index contributed by atoms with van der Waals surface area (Å²) >= 11 is 0. The van der Waals surface area contributed by atoms with Crippen LogP contribution in [0.15, 0.2) is 42.6 Å². The molecule has 30 heavy (non-hydrogen) atoms. The predicted octanol–water partition coefficient (Wildman–Crippen LogP) is 3.62. The smallest absolute Gasteiger partial charge is 0.247 e. The first-order chi connectivity index (χ1) is 14.5. The van der Waals surface area contributed by atoms with Gasteiger partial charge in [-0.1, -0.05) is 38.1 Å². The van der Waals surface area contributed by atoms with Gasteiger partial charge in [0.15, 0.2) is 0 Å². The SMILES string of the molecule is CC(C)CC(=O)N1Cc2ccccc2CC1C(=O)Nc1ccc(N2CCCC2)nc1.